The fourth-order valence-corrected chi connectivity index (χ4v) is 3.59. The number of benzene rings is 2. The van der Waals surface area contributed by atoms with Crippen LogP contribution in [0.1, 0.15) is 27.8 Å². The molecule has 4 rings (SSSR count). The molecule has 1 aliphatic rings. The van der Waals surface area contributed by atoms with Crippen molar-refractivity contribution in [3.63, 3.8) is 0 Å². The van der Waals surface area contributed by atoms with Crippen molar-refractivity contribution in [3.05, 3.63) is 101 Å². The zero-order valence-corrected chi connectivity index (χ0v) is 17.9. The molecule has 0 saturated heterocycles. The second-order valence-electron chi connectivity index (χ2n) is 7.81. The number of aryl methyl sites for hydroxylation is 2. The average molecular weight is 451 g/mol. The van der Waals surface area contributed by atoms with E-state index in [1.807, 2.05) is 19.9 Å². The lowest BCUT2D eigenvalue weighted by molar-refractivity contribution is -0.138. The molecular formula is C25H20F3N3O2. The van der Waals surface area contributed by atoms with E-state index in [0.717, 1.165) is 28.2 Å². The molecule has 0 atom stereocenters. The summed E-state index contributed by atoms with van der Waals surface area (Å²) < 4.78 is 39.5. The van der Waals surface area contributed by atoms with Crippen molar-refractivity contribution in [3.8, 4) is 0 Å². The molecule has 2 heterocycles. The van der Waals surface area contributed by atoms with E-state index in [1.165, 1.54) is 12.1 Å². The number of imide groups is 1. The molecule has 3 aromatic rings. The monoisotopic (exact) mass is 451 g/mol. The maximum absolute atomic E-state index is 13.4. The Kier molecular flexibility index (Phi) is 5.76. The summed E-state index contributed by atoms with van der Waals surface area (Å²) in [4.78, 5) is 31.7. The Morgan fingerprint density at radius 1 is 0.939 bits per heavy atom. The molecule has 168 valence electrons. The summed E-state index contributed by atoms with van der Waals surface area (Å²) >= 11 is 0. The van der Waals surface area contributed by atoms with Gasteiger partial charge in [0.1, 0.15) is 5.70 Å². The number of rotatable bonds is 5. The Balaban J connectivity index is 1.77. The van der Waals surface area contributed by atoms with Gasteiger partial charge in [-0.3, -0.25) is 19.5 Å². The lowest BCUT2D eigenvalue weighted by Crippen LogP contribution is -2.32. The lowest BCUT2D eigenvalue weighted by atomic mass is 9.99. The summed E-state index contributed by atoms with van der Waals surface area (Å²) in [6.45, 7) is 3.80. The average Bonchev–Trinajstić information content (AvgIpc) is 3.00. The van der Waals surface area contributed by atoms with Crippen LogP contribution >= 0.6 is 0 Å². The molecule has 0 unspecified atom stereocenters. The van der Waals surface area contributed by atoms with Crippen LogP contribution in [-0.4, -0.2) is 21.7 Å². The Morgan fingerprint density at radius 3 is 2.39 bits per heavy atom. The van der Waals surface area contributed by atoms with Gasteiger partial charge in [0.2, 0.25) is 0 Å². The highest BCUT2D eigenvalue weighted by Gasteiger charge is 2.39. The van der Waals surface area contributed by atoms with E-state index >= 15 is 0 Å². The molecule has 2 aromatic carbocycles. The number of halogens is 3. The minimum Gasteiger partial charge on any atom is -0.350 e. The number of anilines is 1. The maximum Gasteiger partial charge on any atom is 0.416 e. The van der Waals surface area contributed by atoms with Crippen molar-refractivity contribution < 1.29 is 22.8 Å². The third kappa shape index (κ3) is 4.50. The molecule has 0 saturated carbocycles. The zero-order valence-electron chi connectivity index (χ0n) is 17.9. The molecule has 1 N–H and O–H groups in total. The normalized spacial score (nSPS) is 14.3. The van der Waals surface area contributed by atoms with Crippen LogP contribution in [0.4, 0.5) is 18.9 Å². The molecule has 1 aliphatic heterocycles. The smallest absolute Gasteiger partial charge is 0.350 e. The predicted octanol–water partition coefficient (Wildman–Crippen LogP) is 5.11. The lowest BCUT2D eigenvalue weighted by Gasteiger charge is -2.15. The van der Waals surface area contributed by atoms with Gasteiger partial charge in [0.05, 0.1) is 17.7 Å². The highest BCUT2D eigenvalue weighted by Crippen LogP contribution is 2.34. The first kappa shape index (κ1) is 22.3. The number of aromatic nitrogens is 1. The molecule has 5 nitrogen and oxygen atoms in total. The van der Waals surface area contributed by atoms with Crippen molar-refractivity contribution in [2.75, 3.05) is 5.32 Å². The maximum atomic E-state index is 13.4. The summed E-state index contributed by atoms with van der Waals surface area (Å²) in [5.41, 5.74) is 2.35. The quantitative estimate of drug-likeness (QED) is 0.548. The Labute approximate surface area is 188 Å². The van der Waals surface area contributed by atoms with E-state index in [4.69, 9.17) is 0 Å². The van der Waals surface area contributed by atoms with Crippen LogP contribution in [-0.2, 0) is 22.3 Å². The van der Waals surface area contributed by atoms with Crippen molar-refractivity contribution in [2.24, 2.45) is 0 Å². The van der Waals surface area contributed by atoms with Crippen molar-refractivity contribution >= 4 is 23.1 Å². The summed E-state index contributed by atoms with van der Waals surface area (Å²) in [6.07, 6.45) is -1.41. The fourth-order valence-electron chi connectivity index (χ4n) is 3.59. The molecular weight excluding hydrogens is 431 g/mol. The van der Waals surface area contributed by atoms with Gasteiger partial charge in [0.15, 0.2) is 0 Å². The molecule has 0 radical (unpaired) electrons. The van der Waals surface area contributed by atoms with E-state index in [9.17, 15) is 22.8 Å². The number of alkyl halides is 3. The number of pyridine rings is 1. The largest absolute Gasteiger partial charge is 0.416 e. The standard InChI is InChI=1S/C25H20F3N3O2/c1-15-8-9-18(11-16(15)2)21-22(30-20-7-3-6-19(12-20)25(26,27)28)24(33)31(23(21)32)14-17-5-4-10-29-13-17/h3-13,30H,14H2,1-2H3. The van der Waals surface area contributed by atoms with Gasteiger partial charge in [-0.2, -0.15) is 13.2 Å². The molecule has 8 heteroatoms. The first-order valence-corrected chi connectivity index (χ1v) is 10.2. The number of hydrogen-bond donors (Lipinski definition) is 1. The van der Waals surface area contributed by atoms with E-state index in [-0.39, 0.29) is 23.5 Å². The van der Waals surface area contributed by atoms with E-state index in [1.54, 1.807) is 36.7 Å². The van der Waals surface area contributed by atoms with Crippen LogP contribution in [0.2, 0.25) is 0 Å². The fraction of sp³-hybridized carbons (Fsp3) is 0.160. The Morgan fingerprint density at radius 2 is 1.73 bits per heavy atom. The highest BCUT2D eigenvalue weighted by atomic mass is 19.4. The van der Waals surface area contributed by atoms with Gasteiger partial charge >= 0.3 is 6.18 Å². The summed E-state index contributed by atoms with van der Waals surface area (Å²) in [6, 6.07) is 13.3. The number of nitrogens with one attached hydrogen (secondary N) is 1. The van der Waals surface area contributed by atoms with Gasteiger partial charge in [0.25, 0.3) is 11.8 Å². The van der Waals surface area contributed by atoms with Crippen LogP contribution in [0.25, 0.3) is 5.57 Å². The third-order valence-electron chi connectivity index (χ3n) is 5.49. The summed E-state index contributed by atoms with van der Waals surface area (Å²) in [7, 11) is 0. The van der Waals surface area contributed by atoms with E-state index in [2.05, 4.69) is 10.3 Å². The van der Waals surface area contributed by atoms with Crippen molar-refractivity contribution in [1.82, 2.24) is 9.88 Å². The number of carbonyl (C=O) groups is 2. The van der Waals surface area contributed by atoms with Gasteiger partial charge in [-0.25, -0.2) is 0 Å². The molecule has 0 bridgehead atoms. The summed E-state index contributed by atoms with van der Waals surface area (Å²) in [5.74, 6) is -1.14. The van der Waals surface area contributed by atoms with Gasteiger partial charge in [-0.15, -0.1) is 0 Å². The number of nitrogens with zero attached hydrogens (tertiary/aromatic N) is 2. The van der Waals surface area contributed by atoms with E-state index < -0.39 is 23.6 Å². The van der Waals surface area contributed by atoms with E-state index in [0.29, 0.717) is 11.1 Å². The van der Waals surface area contributed by atoms with Gasteiger partial charge < -0.3 is 5.32 Å². The number of carbonyl (C=O) groups excluding carboxylic acids is 2. The minimum atomic E-state index is -4.54. The summed E-state index contributed by atoms with van der Waals surface area (Å²) in [5, 5.41) is 2.78. The first-order chi connectivity index (χ1) is 15.6. The molecule has 0 fully saturated rings. The third-order valence-corrected chi connectivity index (χ3v) is 5.49. The molecule has 0 spiro atoms. The SMILES string of the molecule is Cc1ccc(C2=C(Nc3cccc(C(F)(F)F)c3)C(=O)N(Cc3cccnc3)C2=O)cc1C. The van der Waals surface area contributed by atoms with Crippen molar-refractivity contribution in [2.45, 2.75) is 26.6 Å². The zero-order chi connectivity index (χ0) is 23.8. The van der Waals surface area contributed by atoms with Crippen LogP contribution in [0.5, 0.6) is 0 Å². The predicted molar refractivity (Wildman–Crippen MR) is 118 cm³/mol. The number of amides is 2. The molecule has 2 amide bonds. The highest BCUT2D eigenvalue weighted by molar-refractivity contribution is 6.36. The Bertz CT molecular complexity index is 1270. The van der Waals surface area contributed by atoms with Crippen molar-refractivity contribution in [1.29, 1.82) is 0 Å². The minimum absolute atomic E-state index is 0.00633. The molecule has 33 heavy (non-hydrogen) atoms. The van der Waals surface area contributed by atoms with Crippen LogP contribution in [0, 0.1) is 13.8 Å². The Hall–Kier alpha value is -3.94. The van der Waals surface area contributed by atoms with Crippen LogP contribution in [0.15, 0.2) is 72.7 Å². The molecule has 0 aliphatic carbocycles. The number of hydrogen-bond acceptors (Lipinski definition) is 4. The first-order valence-electron chi connectivity index (χ1n) is 10.2. The van der Waals surface area contributed by atoms with Crippen LogP contribution in [0.3, 0.4) is 0 Å². The van der Waals surface area contributed by atoms with Gasteiger partial charge in [-0.1, -0.05) is 30.3 Å². The van der Waals surface area contributed by atoms with Gasteiger partial charge in [-0.05, 0) is 60.4 Å². The molecule has 1 aromatic heterocycles. The second kappa shape index (κ2) is 8.54. The topological polar surface area (TPSA) is 62.3 Å². The second-order valence-corrected chi connectivity index (χ2v) is 7.81. The van der Waals surface area contributed by atoms with Gasteiger partial charge in [0, 0.05) is 18.1 Å². The van der Waals surface area contributed by atoms with Crippen LogP contribution < -0.4 is 5.32 Å².